The first-order valence-electron chi connectivity index (χ1n) is 5.78. The molecule has 0 atom stereocenters. The minimum absolute atomic E-state index is 0.339. The first-order chi connectivity index (χ1) is 8.63. The van der Waals surface area contributed by atoms with Crippen LogP contribution in [0.1, 0.15) is 12.8 Å². The highest BCUT2D eigenvalue weighted by Gasteiger charge is 2.03. The molecule has 0 aliphatic carbocycles. The number of ether oxygens (including phenoxy) is 1. The van der Waals surface area contributed by atoms with Gasteiger partial charge in [0.05, 0.1) is 6.61 Å². The Kier molecular flexibility index (Phi) is 5.59. The SMILES string of the molecule is C#CCCCOC(=O)Nc1ccc(N(C)C)cc1. The molecule has 0 saturated carbocycles. The highest BCUT2D eigenvalue weighted by Crippen LogP contribution is 2.15. The summed E-state index contributed by atoms with van der Waals surface area (Å²) in [4.78, 5) is 13.4. The fourth-order valence-corrected chi connectivity index (χ4v) is 1.34. The number of carbonyl (C=O) groups excluding carboxylic acids is 1. The second-order valence-electron chi connectivity index (χ2n) is 4.01. The summed E-state index contributed by atoms with van der Waals surface area (Å²) in [6.45, 7) is 0.339. The smallest absolute Gasteiger partial charge is 0.411 e. The molecule has 0 heterocycles. The Labute approximate surface area is 108 Å². The quantitative estimate of drug-likeness (QED) is 0.641. The van der Waals surface area contributed by atoms with E-state index in [-0.39, 0.29) is 0 Å². The van der Waals surface area contributed by atoms with E-state index in [1.54, 1.807) is 0 Å². The van der Waals surface area contributed by atoms with Crippen molar-refractivity contribution in [2.75, 3.05) is 30.9 Å². The number of nitrogens with zero attached hydrogens (tertiary/aromatic N) is 1. The molecule has 1 N–H and O–H groups in total. The van der Waals surface area contributed by atoms with Crippen molar-refractivity contribution < 1.29 is 9.53 Å². The van der Waals surface area contributed by atoms with Gasteiger partial charge < -0.3 is 9.64 Å². The van der Waals surface area contributed by atoms with E-state index in [0.717, 1.165) is 5.69 Å². The number of rotatable bonds is 5. The summed E-state index contributed by atoms with van der Waals surface area (Å²) in [7, 11) is 3.92. The Hall–Kier alpha value is -2.15. The fraction of sp³-hybridized carbons (Fsp3) is 0.357. The second-order valence-corrected chi connectivity index (χ2v) is 4.01. The first kappa shape index (κ1) is 13.9. The molecule has 0 radical (unpaired) electrons. The van der Waals surface area contributed by atoms with Gasteiger partial charge in [-0.3, -0.25) is 5.32 Å². The molecule has 1 aromatic carbocycles. The lowest BCUT2D eigenvalue weighted by Gasteiger charge is -2.13. The highest BCUT2D eigenvalue weighted by molar-refractivity contribution is 5.84. The van der Waals surface area contributed by atoms with Gasteiger partial charge in [0, 0.05) is 31.9 Å². The number of benzene rings is 1. The third kappa shape index (κ3) is 4.79. The molecule has 1 aromatic rings. The van der Waals surface area contributed by atoms with Crippen LogP contribution in [0.2, 0.25) is 0 Å². The predicted molar refractivity (Wildman–Crippen MR) is 73.8 cm³/mol. The molecular weight excluding hydrogens is 228 g/mol. The maximum atomic E-state index is 11.4. The molecule has 4 heteroatoms. The number of unbranched alkanes of at least 4 members (excludes halogenated alkanes) is 1. The molecule has 0 saturated heterocycles. The van der Waals surface area contributed by atoms with Crippen LogP contribution in [0.4, 0.5) is 16.2 Å². The molecule has 0 aliphatic rings. The third-order valence-electron chi connectivity index (χ3n) is 2.33. The van der Waals surface area contributed by atoms with Crippen LogP contribution in [-0.4, -0.2) is 26.8 Å². The van der Waals surface area contributed by atoms with Gasteiger partial charge in [-0.1, -0.05) is 0 Å². The second kappa shape index (κ2) is 7.23. The Balaban J connectivity index is 2.38. The number of hydrogen-bond donors (Lipinski definition) is 1. The van der Waals surface area contributed by atoms with E-state index in [1.807, 2.05) is 43.3 Å². The summed E-state index contributed by atoms with van der Waals surface area (Å²) in [6.07, 6.45) is 5.94. The minimum atomic E-state index is -0.454. The van der Waals surface area contributed by atoms with Crippen molar-refractivity contribution >= 4 is 17.5 Å². The van der Waals surface area contributed by atoms with Crippen LogP contribution in [0, 0.1) is 12.3 Å². The normalized spacial score (nSPS) is 9.39. The average Bonchev–Trinajstić information content (AvgIpc) is 2.35. The molecule has 0 spiro atoms. The van der Waals surface area contributed by atoms with Crippen molar-refractivity contribution in [2.24, 2.45) is 0 Å². The van der Waals surface area contributed by atoms with Crippen molar-refractivity contribution in [3.05, 3.63) is 24.3 Å². The lowest BCUT2D eigenvalue weighted by Crippen LogP contribution is -2.14. The van der Waals surface area contributed by atoms with Crippen LogP contribution in [0.25, 0.3) is 0 Å². The number of anilines is 2. The maximum Gasteiger partial charge on any atom is 0.411 e. The molecule has 1 amide bonds. The van der Waals surface area contributed by atoms with Gasteiger partial charge >= 0.3 is 6.09 Å². The van der Waals surface area contributed by atoms with Crippen LogP contribution in [0.15, 0.2) is 24.3 Å². The zero-order valence-electron chi connectivity index (χ0n) is 10.8. The van der Waals surface area contributed by atoms with Gasteiger partial charge in [0.1, 0.15) is 0 Å². The van der Waals surface area contributed by atoms with E-state index in [0.29, 0.717) is 25.1 Å². The Morgan fingerprint density at radius 3 is 2.61 bits per heavy atom. The van der Waals surface area contributed by atoms with Crippen molar-refractivity contribution in [3.63, 3.8) is 0 Å². The molecule has 0 aromatic heterocycles. The summed E-state index contributed by atoms with van der Waals surface area (Å²) in [5.41, 5.74) is 1.78. The van der Waals surface area contributed by atoms with Crippen molar-refractivity contribution in [1.82, 2.24) is 0 Å². The molecule has 18 heavy (non-hydrogen) atoms. The average molecular weight is 246 g/mol. The summed E-state index contributed by atoms with van der Waals surface area (Å²) < 4.78 is 4.97. The molecule has 0 unspecified atom stereocenters. The van der Waals surface area contributed by atoms with Gasteiger partial charge in [-0.05, 0) is 30.7 Å². The number of carbonyl (C=O) groups is 1. The first-order valence-corrected chi connectivity index (χ1v) is 5.78. The Morgan fingerprint density at radius 2 is 2.06 bits per heavy atom. The third-order valence-corrected chi connectivity index (χ3v) is 2.33. The van der Waals surface area contributed by atoms with Gasteiger partial charge in [0.25, 0.3) is 0 Å². The van der Waals surface area contributed by atoms with Gasteiger partial charge in [-0.15, -0.1) is 12.3 Å². The van der Waals surface area contributed by atoms with Crippen molar-refractivity contribution in [2.45, 2.75) is 12.8 Å². The number of nitrogens with one attached hydrogen (secondary N) is 1. The number of hydrogen-bond acceptors (Lipinski definition) is 3. The minimum Gasteiger partial charge on any atom is -0.449 e. The van der Waals surface area contributed by atoms with Crippen LogP contribution in [0.5, 0.6) is 0 Å². The van der Waals surface area contributed by atoms with E-state index >= 15 is 0 Å². The van der Waals surface area contributed by atoms with Gasteiger partial charge in [-0.2, -0.15) is 0 Å². The summed E-state index contributed by atoms with van der Waals surface area (Å²) in [5, 5.41) is 2.65. The zero-order valence-corrected chi connectivity index (χ0v) is 10.8. The summed E-state index contributed by atoms with van der Waals surface area (Å²) >= 11 is 0. The van der Waals surface area contributed by atoms with Crippen molar-refractivity contribution in [1.29, 1.82) is 0 Å². The lowest BCUT2D eigenvalue weighted by atomic mass is 10.2. The van der Waals surface area contributed by atoms with Crippen LogP contribution in [-0.2, 0) is 4.74 Å². The molecule has 1 rings (SSSR count). The predicted octanol–water partition coefficient (Wildman–Crippen LogP) is 2.71. The van der Waals surface area contributed by atoms with E-state index < -0.39 is 6.09 Å². The monoisotopic (exact) mass is 246 g/mol. The van der Waals surface area contributed by atoms with E-state index in [1.165, 1.54) is 0 Å². The molecule has 4 nitrogen and oxygen atoms in total. The fourth-order valence-electron chi connectivity index (χ4n) is 1.34. The molecular formula is C14H18N2O2. The lowest BCUT2D eigenvalue weighted by molar-refractivity contribution is 0.160. The van der Waals surface area contributed by atoms with Crippen LogP contribution >= 0.6 is 0 Å². The summed E-state index contributed by atoms with van der Waals surface area (Å²) in [5.74, 6) is 2.49. The highest BCUT2D eigenvalue weighted by atomic mass is 16.5. The van der Waals surface area contributed by atoms with Crippen LogP contribution < -0.4 is 10.2 Å². The number of amides is 1. The van der Waals surface area contributed by atoms with Gasteiger partial charge in [0.15, 0.2) is 0 Å². The van der Waals surface area contributed by atoms with E-state index in [4.69, 9.17) is 11.2 Å². The molecule has 0 aliphatic heterocycles. The Morgan fingerprint density at radius 1 is 1.39 bits per heavy atom. The largest absolute Gasteiger partial charge is 0.449 e. The van der Waals surface area contributed by atoms with Gasteiger partial charge in [0.2, 0.25) is 0 Å². The number of terminal acetylenes is 1. The van der Waals surface area contributed by atoms with E-state index in [2.05, 4.69) is 11.2 Å². The van der Waals surface area contributed by atoms with Crippen LogP contribution in [0.3, 0.4) is 0 Å². The zero-order chi connectivity index (χ0) is 13.4. The standard InChI is InChI=1S/C14H18N2O2/c1-4-5-6-11-18-14(17)15-12-7-9-13(10-8-12)16(2)3/h1,7-10H,5-6,11H2,2-3H3,(H,15,17). The van der Waals surface area contributed by atoms with E-state index in [9.17, 15) is 4.79 Å². The molecule has 0 fully saturated rings. The maximum absolute atomic E-state index is 11.4. The topological polar surface area (TPSA) is 41.6 Å². The Bertz CT molecular complexity index is 418. The molecule has 0 bridgehead atoms. The van der Waals surface area contributed by atoms with Gasteiger partial charge in [-0.25, -0.2) is 4.79 Å². The molecule has 96 valence electrons. The summed E-state index contributed by atoms with van der Waals surface area (Å²) in [6, 6.07) is 7.51. The van der Waals surface area contributed by atoms with Crippen molar-refractivity contribution in [3.8, 4) is 12.3 Å².